The van der Waals surface area contributed by atoms with E-state index in [4.69, 9.17) is 44.3 Å². The first-order chi connectivity index (χ1) is 8.71. The van der Waals surface area contributed by atoms with Gasteiger partial charge >= 0.3 is 11.9 Å². The normalized spacial score (nSPS) is 24.1. The smallest absolute Gasteiger partial charge is 0.358 e. The van der Waals surface area contributed by atoms with Crippen LogP contribution < -0.4 is 0 Å². The van der Waals surface area contributed by atoms with E-state index in [9.17, 15) is 9.59 Å². The Balaban J connectivity index is 2.63. The summed E-state index contributed by atoms with van der Waals surface area (Å²) in [4.78, 5) is 23.1. The second-order valence-corrected chi connectivity index (χ2v) is 7.14. The Morgan fingerprint density at radius 1 is 1.05 bits per heavy atom. The average molecular weight is 332 g/mol. The van der Waals surface area contributed by atoms with Crippen LogP contribution in [-0.4, -0.2) is 27.9 Å². The zero-order valence-corrected chi connectivity index (χ0v) is 13.1. The number of alkyl halides is 3. The van der Waals surface area contributed by atoms with Gasteiger partial charge in [-0.3, -0.25) is 4.79 Å². The Hall–Kier alpha value is -0.190. The lowest BCUT2D eigenvalue weighted by Gasteiger charge is -2.31. The van der Waals surface area contributed by atoms with Crippen molar-refractivity contribution in [1.29, 1.82) is 0 Å². The Bertz CT molecular complexity index is 338. The number of rotatable bonds is 3. The summed E-state index contributed by atoms with van der Waals surface area (Å²) < 4.78 is 8.36. The van der Waals surface area contributed by atoms with Gasteiger partial charge in [0.2, 0.25) is 0 Å². The predicted octanol–water partition coefficient (Wildman–Crippen LogP) is 3.41. The van der Waals surface area contributed by atoms with Crippen molar-refractivity contribution < 1.29 is 19.1 Å². The van der Waals surface area contributed by atoms with Crippen LogP contribution in [0, 0.1) is 5.92 Å². The molecule has 0 N–H and O–H groups in total. The summed E-state index contributed by atoms with van der Waals surface area (Å²) in [6.45, 7) is 3.49. The van der Waals surface area contributed by atoms with E-state index < -0.39 is 22.0 Å². The molecular weight excluding hydrogens is 314 g/mol. The summed E-state index contributed by atoms with van der Waals surface area (Å²) >= 11 is 16.4. The molecule has 0 amide bonds. The highest BCUT2D eigenvalue weighted by atomic mass is 35.6. The number of ether oxygens (including phenoxy) is 2. The van der Waals surface area contributed by atoms with Gasteiger partial charge in [0.05, 0.1) is 5.92 Å². The molecule has 0 unspecified atom stereocenters. The van der Waals surface area contributed by atoms with Crippen molar-refractivity contribution in [2.24, 2.45) is 5.92 Å². The van der Waals surface area contributed by atoms with Gasteiger partial charge in [-0.15, -0.1) is 0 Å². The monoisotopic (exact) mass is 330 g/mol. The number of hydrogen-bond donors (Lipinski definition) is 0. The summed E-state index contributed by atoms with van der Waals surface area (Å²) in [7, 11) is 0. The molecule has 1 aliphatic rings. The molecule has 0 aromatic carbocycles. The molecule has 0 aliphatic heterocycles. The van der Waals surface area contributed by atoms with Crippen molar-refractivity contribution in [2.45, 2.75) is 55.5 Å². The minimum absolute atomic E-state index is 0.230. The molecule has 7 heteroatoms. The average Bonchev–Trinajstić information content (AvgIpc) is 2.30. The molecule has 2 atom stereocenters. The molecule has 1 aliphatic carbocycles. The Morgan fingerprint density at radius 2 is 1.53 bits per heavy atom. The molecule has 1 saturated carbocycles. The van der Waals surface area contributed by atoms with Crippen LogP contribution in [0.25, 0.3) is 0 Å². The number of halogens is 3. The molecule has 110 valence electrons. The quantitative estimate of drug-likeness (QED) is 0.587. The van der Waals surface area contributed by atoms with Crippen LogP contribution in [0.5, 0.6) is 0 Å². The van der Waals surface area contributed by atoms with E-state index in [1.54, 1.807) is 13.8 Å². The van der Waals surface area contributed by atoms with Gasteiger partial charge in [-0.05, 0) is 25.7 Å². The lowest BCUT2D eigenvalue weighted by atomic mass is 9.94. The summed E-state index contributed by atoms with van der Waals surface area (Å²) in [5.41, 5.74) is 0. The lowest BCUT2D eigenvalue weighted by Crippen LogP contribution is -2.40. The van der Waals surface area contributed by atoms with Crippen molar-refractivity contribution >= 4 is 46.7 Å². The van der Waals surface area contributed by atoms with Crippen LogP contribution in [0.3, 0.4) is 0 Å². The number of esters is 2. The molecule has 0 aromatic heterocycles. The summed E-state index contributed by atoms with van der Waals surface area (Å²) in [6, 6.07) is 0. The third-order valence-electron chi connectivity index (χ3n) is 2.87. The topological polar surface area (TPSA) is 52.6 Å². The van der Waals surface area contributed by atoms with E-state index in [1.165, 1.54) is 0 Å². The van der Waals surface area contributed by atoms with Gasteiger partial charge in [0.25, 0.3) is 3.79 Å². The first kappa shape index (κ1) is 16.9. The second-order valence-electron chi connectivity index (χ2n) is 4.86. The molecule has 0 aromatic rings. The molecule has 0 radical (unpaired) electrons. The highest BCUT2D eigenvalue weighted by Gasteiger charge is 2.38. The highest BCUT2D eigenvalue weighted by molar-refractivity contribution is 6.75. The molecule has 1 rings (SSSR count). The van der Waals surface area contributed by atoms with E-state index in [-0.39, 0.29) is 11.9 Å². The predicted molar refractivity (Wildman–Crippen MR) is 73.4 cm³/mol. The lowest BCUT2D eigenvalue weighted by molar-refractivity contribution is -0.173. The summed E-state index contributed by atoms with van der Waals surface area (Å²) in [6.07, 6.45) is 2.05. The van der Waals surface area contributed by atoms with Crippen LogP contribution >= 0.6 is 34.8 Å². The number of carbonyl (C=O) groups excluding carboxylic acids is 2. The fraction of sp³-hybridized carbons (Fsp3) is 0.833. The first-order valence-electron chi connectivity index (χ1n) is 6.20. The zero-order valence-electron chi connectivity index (χ0n) is 10.8. The van der Waals surface area contributed by atoms with Gasteiger partial charge in [-0.2, -0.15) is 0 Å². The largest absolute Gasteiger partial charge is 0.458 e. The van der Waals surface area contributed by atoms with Gasteiger partial charge in [-0.25, -0.2) is 4.79 Å². The molecule has 0 heterocycles. The zero-order chi connectivity index (χ0) is 14.6. The van der Waals surface area contributed by atoms with Crippen molar-refractivity contribution in [3.05, 3.63) is 0 Å². The van der Waals surface area contributed by atoms with E-state index in [2.05, 4.69) is 0 Å². The van der Waals surface area contributed by atoms with Gasteiger partial charge in [0.1, 0.15) is 12.2 Å². The van der Waals surface area contributed by atoms with E-state index >= 15 is 0 Å². The van der Waals surface area contributed by atoms with Gasteiger partial charge in [0, 0.05) is 0 Å². The minimum Gasteiger partial charge on any atom is -0.458 e. The SMILES string of the molecule is CC(C)C(=O)O[C@H]1CCCC[C@H]1OC(=O)C(Cl)(Cl)Cl. The highest BCUT2D eigenvalue weighted by Crippen LogP contribution is 2.31. The Kier molecular flexibility index (Phi) is 6.21. The van der Waals surface area contributed by atoms with Crippen LogP contribution in [0.2, 0.25) is 0 Å². The molecule has 0 bridgehead atoms. The number of hydrogen-bond acceptors (Lipinski definition) is 4. The van der Waals surface area contributed by atoms with Gasteiger partial charge in [-0.1, -0.05) is 48.7 Å². The molecule has 19 heavy (non-hydrogen) atoms. The van der Waals surface area contributed by atoms with Crippen LogP contribution in [0.1, 0.15) is 39.5 Å². The minimum atomic E-state index is -2.11. The maximum absolute atomic E-state index is 11.6. The van der Waals surface area contributed by atoms with Crippen molar-refractivity contribution in [3.8, 4) is 0 Å². The molecular formula is C12H17Cl3O4. The molecule has 0 saturated heterocycles. The summed E-state index contributed by atoms with van der Waals surface area (Å²) in [5, 5.41) is 0. The van der Waals surface area contributed by atoms with E-state index in [0.717, 1.165) is 12.8 Å². The maximum atomic E-state index is 11.6. The second kappa shape index (κ2) is 7.00. The maximum Gasteiger partial charge on any atom is 0.358 e. The molecule has 1 fully saturated rings. The fourth-order valence-corrected chi connectivity index (χ4v) is 1.96. The Morgan fingerprint density at radius 3 is 1.95 bits per heavy atom. The standard InChI is InChI=1S/C12H17Cl3O4/c1-7(2)10(16)18-8-5-3-4-6-9(8)19-11(17)12(13,14)15/h7-9H,3-6H2,1-2H3/t8-,9+/m0/s1. The molecule has 0 spiro atoms. The summed E-state index contributed by atoms with van der Waals surface area (Å²) in [5.74, 6) is -1.48. The van der Waals surface area contributed by atoms with Crippen molar-refractivity contribution in [3.63, 3.8) is 0 Å². The van der Waals surface area contributed by atoms with Gasteiger partial charge < -0.3 is 9.47 Å². The van der Waals surface area contributed by atoms with Crippen molar-refractivity contribution in [2.75, 3.05) is 0 Å². The third kappa shape index (κ3) is 5.36. The van der Waals surface area contributed by atoms with Crippen LogP contribution in [0.15, 0.2) is 0 Å². The molecule has 4 nitrogen and oxygen atoms in total. The van der Waals surface area contributed by atoms with Crippen LogP contribution in [0.4, 0.5) is 0 Å². The van der Waals surface area contributed by atoms with Gasteiger partial charge in [0.15, 0.2) is 0 Å². The first-order valence-corrected chi connectivity index (χ1v) is 7.33. The van der Waals surface area contributed by atoms with Crippen molar-refractivity contribution in [1.82, 2.24) is 0 Å². The van der Waals surface area contributed by atoms with Crippen LogP contribution in [-0.2, 0) is 19.1 Å². The third-order valence-corrected chi connectivity index (χ3v) is 3.33. The van der Waals surface area contributed by atoms with E-state index in [0.29, 0.717) is 12.8 Å². The fourth-order valence-electron chi connectivity index (χ4n) is 1.82. The Labute approximate surface area is 127 Å². The number of carbonyl (C=O) groups is 2. The van der Waals surface area contributed by atoms with E-state index in [1.807, 2.05) is 0 Å².